The van der Waals surface area contributed by atoms with Crippen LogP contribution in [0.4, 0.5) is 0 Å². The molecular formula is C10H12ClNO2. The molecule has 0 aromatic heterocycles. The summed E-state index contributed by atoms with van der Waals surface area (Å²) < 4.78 is 4.65. The highest BCUT2D eigenvalue weighted by molar-refractivity contribution is 6.30. The van der Waals surface area contributed by atoms with Crippen molar-refractivity contribution in [1.29, 1.82) is 0 Å². The number of ether oxygens (including phenoxy) is 1. The quantitative estimate of drug-likeness (QED) is 0.778. The van der Waals surface area contributed by atoms with Gasteiger partial charge in [-0.05, 0) is 24.7 Å². The molecule has 1 N–H and O–H groups in total. The van der Waals surface area contributed by atoms with Crippen LogP contribution in [0.5, 0.6) is 0 Å². The van der Waals surface area contributed by atoms with Crippen molar-refractivity contribution in [2.45, 2.75) is 6.04 Å². The van der Waals surface area contributed by atoms with Crippen molar-refractivity contribution in [2.24, 2.45) is 0 Å². The predicted octanol–water partition coefficient (Wildman–Crippen LogP) is 1.77. The Morgan fingerprint density at radius 3 is 2.43 bits per heavy atom. The Morgan fingerprint density at radius 2 is 2.00 bits per heavy atom. The second-order valence-electron chi connectivity index (χ2n) is 2.80. The topological polar surface area (TPSA) is 38.3 Å². The fourth-order valence-corrected chi connectivity index (χ4v) is 1.32. The van der Waals surface area contributed by atoms with Crippen molar-refractivity contribution in [2.75, 3.05) is 14.2 Å². The normalized spacial score (nSPS) is 12.2. The molecule has 1 aromatic carbocycles. The zero-order valence-electron chi connectivity index (χ0n) is 8.08. The Balaban J connectivity index is 2.89. The van der Waals surface area contributed by atoms with Crippen LogP contribution in [-0.4, -0.2) is 20.1 Å². The molecule has 0 fully saturated rings. The van der Waals surface area contributed by atoms with E-state index >= 15 is 0 Å². The third-order valence-electron chi connectivity index (χ3n) is 1.93. The first-order chi connectivity index (χ1) is 6.69. The van der Waals surface area contributed by atoms with E-state index in [2.05, 4.69) is 10.1 Å². The molecule has 1 aromatic rings. The summed E-state index contributed by atoms with van der Waals surface area (Å²) in [5.41, 5.74) is 0.837. The molecule has 14 heavy (non-hydrogen) atoms. The highest BCUT2D eigenvalue weighted by atomic mass is 35.5. The molecule has 0 spiro atoms. The molecule has 0 saturated heterocycles. The van der Waals surface area contributed by atoms with Crippen molar-refractivity contribution in [3.63, 3.8) is 0 Å². The summed E-state index contributed by atoms with van der Waals surface area (Å²) in [6.07, 6.45) is 0. The van der Waals surface area contributed by atoms with Gasteiger partial charge in [0.25, 0.3) is 0 Å². The van der Waals surface area contributed by atoms with Gasteiger partial charge in [-0.3, -0.25) is 0 Å². The van der Waals surface area contributed by atoms with Crippen LogP contribution < -0.4 is 5.32 Å². The van der Waals surface area contributed by atoms with E-state index in [9.17, 15) is 4.79 Å². The van der Waals surface area contributed by atoms with Crippen molar-refractivity contribution in [3.8, 4) is 0 Å². The Labute approximate surface area is 88.0 Å². The molecule has 0 saturated carbocycles. The number of rotatable bonds is 3. The van der Waals surface area contributed by atoms with Gasteiger partial charge in [-0.25, -0.2) is 4.79 Å². The van der Waals surface area contributed by atoms with Crippen molar-refractivity contribution in [1.82, 2.24) is 5.32 Å². The van der Waals surface area contributed by atoms with E-state index in [1.165, 1.54) is 7.11 Å². The van der Waals surface area contributed by atoms with E-state index in [4.69, 9.17) is 11.6 Å². The van der Waals surface area contributed by atoms with Crippen LogP contribution in [0.15, 0.2) is 24.3 Å². The lowest BCUT2D eigenvalue weighted by Gasteiger charge is -2.13. The lowest BCUT2D eigenvalue weighted by atomic mass is 10.1. The molecule has 0 heterocycles. The maximum Gasteiger partial charge on any atom is 0.327 e. The van der Waals surface area contributed by atoms with E-state index in [0.717, 1.165) is 5.56 Å². The van der Waals surface area contributed by atoms with Crippen molar-refractivity contribution >= 4 is 17.6 Å². The molecule has 0 aliphatic carbocycles. The second kappa shape index (κ2) is 4.98. The minimum absolute atomic E-state index is 0.310. The van der Waals surface area contributed by atoms with Gasteiger partial charge in [-0.2, -0.15) is 0 Å². The number of likely N-dealkylation sites (N-methyl/N-ethyl adjacent to an activating group) is 1. The average Bonchev–Trinajstić information content (AvgIpc) is 2.21. The minimum Gasteiger partial charge on any atom is -0.468 e. The number of methoxy groups -OCH3 is 1. The van der Waals surface area contributed by atoms with Crippen LogP contribution in [0.2, 0.25) is 5.02 Å². The molecule has 0 aliphatic heterocycles. The Hall–Kier alpha value is -1.06. The average molecular weight is 214 g/mol. The zero-order valence-corrected chi connectivity index (χ0v) is 8.84. The smallest absolute Gasteiger partial charge is 0.327 e. The summed E-state index contributed by atoms with van der Waals surface area (Å²) >= 11 is 5.74. The van der Waals surface area contributed by atoms with E-state index in [1.807, 2.05) is 0 Å². The number of carbonyl (C=O) groups excluding carboxylic acids is 1. The Bertz CT molecular complexity index is 310. The monoisotopic (exact) mass is 213 g/mol. The number of benzene rings is 1. The highest BCUT2D eigenvalue weighted by Crippen LogP contribution is 2.17. The molecule has 0 radical (unpaired) electrons. The first kappa shape index (κ1) is 11.0. The number of hydrogen-bond donors (Lipinski definition) is 1. The van der Waals surface area contributed by atoms with Crippen molar-refractivity contribution in [3.05, 3.63) is 34.9 Å². The summed E-state index contributed by atoms with van der Waals surface area (Å²) in [5.74, 6) is -0.310. The minimum atomic E-state index is -0.433. The molecule has 0 aliphatic rings. The van der Waals surface area contributed by atoms with Gasteiger partial charge in [0, 0.05) is 5.02 Å². The van der Waals surface area contributed by atoms with Gasteiger partial charge in [0.15, 0.2) is 0 Å². The zero-order chi connectivity index (χ0) is 10.6. The molecule has 1 atom stereocenters. The van der Waals surface area contributed by atoms with E-state index in [0.29, 0.717) is 5.02 Å². The lowest BCUT2D eigenvalue weighted by Crippen LogP contribution is -2.26. The summed E-state index contributed by atoms with van der Waals surface area (Å²) in [7, 11) is 3.07. The maximum absolute atomic E-state index is 11.3. The fourth-order valence-electron chi connectivity index (χ4n) is 1.19. The molecule has 0 amide bonds. The molecule has 3 nitrogen and oxygen atoms in total. The van der Waals surface area contributed by atoms with Gasteiger partial charge in [-0.1, -0.05) is 23.7 Å². The van der Waals surface area contributed by atoms with Crippen LogP contribution in [0.25, 0.3) is 0 Å². The van der Waals surface area contributed by atoms with Gasteiger partial charge in [-0.15, -0.1) is 0 Å². The molecule has 76 valence electrons. The van der Waals surface area contributed by atoms with Gasteiger partial charge in [0.05, 0.1) is 7.11 Å². The van der Waals surface area contributed by atoms with Crippen LogP contribution in [0, 0.1) is 0 Å². The SMILES string of the molecule is CNC(C(=O)OC)c1ccc(Cl)cc1. The second-order valence-corrected chi connectivity index (χ2v) is 3.23. The van der Waals surface area contributed by atoms with Crippen LogP contribution >= 0.6 is 11.6 Å². The van der Waals surface area contributed by atoms with Gasteiger partial charge in [0.1, 0.15) is 6.04 Å². The Kier molecular flexibility index (Phi) is 3.92. The summed E-state index contributed by atoms with van der Waals surface area (Å²) in [5, 5.41) is 3.52. The lowest BCUT2D eigenvalue weighted by molar-refractivity contribution is -0.143. The first-order valence-electron chi connectivity index (χ1n) is 4.19. The third-order valence-corrected chi connectivity index (χ3v) is 2.18. The van der Waals surface area contributed by atoms with Crippen molar-refractivity contribution < 1.29 is 9.53 Å². The van der Waals surface area contributed by atoms with Crippen LogP contribution in [0.1, 0.15) is 11.6 Å². The summed E-state index contributed by atoms with van der Waals surface area (Å²) in [6, 6.07) is 6.63. The number of nitrogens with one attached hydrogen (secondary N) is 1. The third kappa shape index (κ3) is 2.47. The van der Waals surface area contributed by atoms with Gasteiger partial charge < -0.3 is 10.1 Å². The van der Waals surface area contributed by atoms with Crippen LogP contribution in [0.3, 0.4) is 0 Å². The number of esters is 1. The fraction of sp³-hybridized carbons (Fsp3) is 0.300. The standard InChI is InChI=1S/C10H12ClNO2/c1-12-9(10(13)14-2)7-3-5-8(11)6-4-7/h3-6,9,12H,1-2H3. The molecule has 0 bridgehead atoms. The first-order valence-corrected chi connectivity index (χ1v) is 4.57. The Morgan fingerprint density at radius 1 is 1.43 bits per heavy atom. The molecule has 1 rings (SSSR count). The number of carbonyl (C=O) groups is 1. The summed E-state index contributed by atoms with van der Waals surface area (Å²) in [4.78, 5) is 11.3. The largest absolute Gasteiger partial charge is 0.468 e. The number of hydrogen-bond acceptors (Lipinski definition) is 3. The van der Waals surface area contributed by atoms with E-state index in [-0.39, 0.29) is 5.97 Å². The van der Waals surface area contributed by atoms with Gasteiger partial charge in [0.2, 0.25) is 0 Å². The molecule has 1 unspecified atom stereocenters. The van der Waals surface area contributed by atoms with Crippen LogP contribution in [-0.2, 0) is 9.53 Å². The van der Waals surface area contributed by atoms with E-state index in [1.54, 1.807) is 31.3 Å². The van der Waals surface area contributed by atoms with Gasteiger partial charge >= 0.3 is 5.97 Å². The van der Waals surface area contributed by atoms with E-state index < -0.39 is 6.04 Å². The highest BCUT2D eigenvalue weighted by Gasteiger charge is 2.18. The molecular weight excluding hydrogens is 202 g/mol. The maximum atomic E-state index is 11.3. The number of halogens is 1. The summed E-state index contributed by atoms with van der Waals surface area (Å²) in [6.45, 7) is 0. The predicted molar refractivity (Wildman–Crippen MR) is 55.3 cm³/mol. The molecule has 4 heteroatoms.